The summed E-state index contributed by atoms with van der Waals surface area (Å²) in [4.78, 5) is 44.5. The molecule has 3 aromatic carbocycles. The quantitative estimate of drug-likeness (QED) is 0.398. The fourth-order valence-corrected chi connectivity index (χ4v) is 5.81. The van der Waals surface area contributed by atoms with Crippen LogP contribution in [0.25, 0.3) is 0 Å². The number of carbonyl (C=O) groups is 3. The number of nitrogens with one attached hydrogen (secondary N) is 1. The summed E-state index contributed by atoms with van der Waals surface area (Å²) in [7, 11) is 0. The Kier molecular flexibility index (Phi) is 8.88. The van der Waals surface area contributed by atoms with Gasteiger partial charge in [0.15, 0.2) is 0 Å². The lowest BCUT2D eigenvalue weighted by Gasteiger charge is -2.55. The summed E-state index contributed by atoms with van der Waals surface area (Å²) < 4.78 is 0. The molecule has 2 fully saturated rings. The Morgan fingerprint density at radius 3 is 2.45 bits per heavy atom. The van der Waals surface area contributed by atoms with Gasteiger partial charge in [-0.1, -0.05) is 77.7 Å². The average Bonchev–Trinajstić information content (AvgIpc) is 2.97. The van der Waals surface area contributed by atoms with Crippen LogP contribution in [0.15, 0.2) is 72.8 Å². The average molecular weight is 607 g/mol. The molecule has 0 saturated carbocycles. The van der Waals surface area contributed by atoms with Crippen LogP contribution in [0, 0.1) is 12.3 Å². The smallest absolute Gasteiger partial charge is 0.334 e. The summed E-state index contributed by atoms with van der Waals surface area (Å²) in [5, 5.41) is 16.6. The molecule has 5 rings (SSSR count). The molecule has 2 N–H and O–H groups in total. The number of hydrazine groups is 1. The Balaban J connectivity index is 1.50. The van der Waals surface area contributed by atoms with E-state index in [4.69, 9.17) is 29.6 Å². The highest BCUT2D eigenvalue weighted by atomic mass is 35.5. The van der Waals surface area contributed by atoms with Gasteiger partial charge in [0, 0.05) is 29.6 Å². The van der Waals surface area contributed by atoms with Crippen LogP contribution in [0.3, 0.4) is 0 Å². The molecule has 42 heavy (non-hydrogen) atoms. The van der Waals surface area contributed by atoms with E-state index < -0.39 is 18.2 Å². The molecule has 3 aromatic rings. The summed E-state index contributed by atoms with van der Waals surface area (Å²) in [5.41, 5.74) is 2.33. The number of piperazine rings is 1. The van der Waals surface area contributed by atoms with Crippen molar-refractivity contribution < 1.29 is 19.5 Å². The maximum Gasteiger partial charge on any atom is 0.334 e. The molecule has 0 spiro atoms. The van der Waals surface area contributed by atoms with Crippen molar-refractivity contribution in [2.75, 3.05) is 19.6 Å². The van der Waals surface area contributed by atoms with Gasteiger partial charge in [-0.3, -0.25) is 9.59 Å². The zero-order chi connectivity index (χ0) is 29.8. The largest absolute Gasteiger partial charge is 0.508 e. The second-order valence-electron chi connectivity index (χ2n) is 10.1. The minimum absolute atomic E-state index is 0.0222. The number of hydrogen-bond donors (Lipinski definition) is 2. The number of phenolic OH excluding ortho intramolecular Hbond substituents is 1. The highest BCUT2D eigenvalue weighted by Crippen LogP contribution is 2.31. The van der Waals surface area contributed by atoms with E-state index in [0.717, 1.165) is 11.1 Å². The van der Waals surface area contributed by atoms with Crippen molar-refractivity contribution in [1.29, 1.82) is 0 Å². The lowest BCUT2D eigenvalue weighted by Crippen LogP contribution is -2.76. The number of rotatable bonds is 7. The Hall–Kier alpha value is -4.23. The highest BCUT2D eigenvalue weighted by Gasteiger charge is 2.51. The third-order valence-electron chi connectivity index (χ3n) is 7.34. The number of fused-ring (bicyclic) bond motifs is 1. The van der Waals surface area contributed by atoms with Crippen molar-refractivity contribution in [1.82, 2.24) is 25.1 Å². The van der Waals surface area contributed by atoms with Crippen molar-refractivity contribution in [3.63, 3.8) is 0 Å². The van der Waals surface area contributed by atoms with Gasteiger partial charge in [-0.15, -0.1) is 6.42 Å². The van der Waals surface area contributed by atoms with Crippen molar-refractivity contribution in [2.45, 2.75) is 31.7 Å². The van der Waals surface area contributed by atoms with Crippen LogP contribution < -0.4 is 5.32 Å². The van der Waals surface area contributed by atoms with Gasteiger partial charge in [0.25, 0.3) is 0 Å². The normalized spacial score (nSPS) is 18.9. The molecule has 0 bridgehead atoms. The first-order chi connectivity index (χ1) is 20.2. The standard InChI is InChI=1S/C31H29Cl2N5O4/c1-2-14-36-20-29(40)37-27(15-21-8-12-25(39)13-9-21)30(41)35(18-23-10-11-24(32)16-26(23)33)19-28(37)38(36)31(42)34-17-22-6-4-3-5-7-22/h1,3-13,16,27-28,39H,14-15,17-20H2,(H,34,42)/t27-,28-/m0/s1. The minimum Gasteiger partial charge on any atom is -0.508 e. The van der Waals surface area contributed by atoms with Crippen molar-refractivity contribution in [2.24, 2.45) is 0 Å². The SMILES string of the molecule is C#CCN1CC(=O)N2[C@@H](Cc3ccc(O)cc3)C(=O)N(Cc3ccc(Cl)cc3Cl)C[C@@H]2N1C(=O)NCc1ccccc1. The number of terminal acetylenes is 1. The van der Waals surface area contributed by atoms with E-state index in [1.54, 1.807) is 35.2 Å². The van der Waals surface area contributed by atoms with E-state index in [2.05, 4.69) is 11.2 Å². The first-order valence-electron chi connectivity index (χ1n) is 13.4. The third-order valence-corrected chi connectivity index (χ3v) is 7.93. The van der Waals surface area contributed by atoms with Crippen molar-refractivity contribution in [3.05, 3.63) is 99.5 Å². The number of phenols is 1. The molecule has 2 aliphatic rings. The van der Waals surface area contributed by atoms with E-state index in [1.807, 2.05) is 30.3 Å². The number of benzene rings is 3. The van der Waals surface area contributed by atoms with Crippen LogP contribution in [-0.4, -0.2) is 74.6 Å². The monoisotopic (exact) mass is 605 g/mol. The summed E-state index contributed by atoms with van der Waals surface area (Å²) in [6, 6.07) is 19.6. The van der Waals surface area contributed by atoms with E-state index in [9.17, 15) is 19.5 Å². The molecule has 2 heterocycles. The lowest BCUT2D eigenvalue weighted by molar-refractivity contribution is -0.189. The Morgan fingerprint density at radius 1 is 1.02 bits per heavy atom. The molecule has 9 nitrogen and oxygen atoms in total. The molecule has 11 heteroatoms. The van der Waals surface area contributed by atoms with Crippen molar-refractivity contribution in [3.8, 4) is 18.1 Å². The molecule has 2 aliphatic heterocycles. The van der Waals surface area contributed by atoms with E-state index >= 15 is 0 Å². The van der Waals surface area contributed by atoms with Crippen LogP contribution >= 0.6 is 23.2 Å². The van der Waals surface area contributed by atoms with Crippen molar-refractivity contribution >= 4 is 41.0 Å². The summed E-state index contributed by atoms with van der Waals surface area (Å²) in [6.45, 7) is 0.306. The number of carbonyl (C=O) groups excluding carboxylic acids is 3. The molecule has 216 valence electrons. The minimum atomic E-state index is -0.913. The Labute approximate surface area is 254 Å². The first kappa shape index (κ1) is 29.3. The Morgan fingerprint density at radius 2 is 1.76 bits per heavy atom. The molecule has 0 unspecified atom stereocenters. The Bertz CT molecular complexity index is 1510. The van der Waals surface area contributed by atoms with Crippen LogP contribution in [0.5, 0.6) is 5.75 Å². The molecule has 2 saturated heterocycles. The number of nitrogens with zero attached hydrogens (tertiary/aromatic N) is 4. The summed E-state index contributed by atoms with van der Waals surface area (Å²) >= 11 is 12.6. The topological polar surface area (TPSA) is 96.4 Å². The molecule has 4 amide bonds. The van der Waals surface area contributed by atoms with Gasteiger partial charge >= 0.3 is 6.03 Å². The third kappa shape index (κ3) is 6.31. The van der Waals surface area contributed by atoms with E-state index in [-0.39, 0.29) is 56.7 Å². The summed E-state index contributed by atoms with van der Waals surface area (Å²) in [5.74, 6) is 2.03. The fraction of sp³-hybridized carbons (Fsp3) is 0.258. The fourth-order valence-electron chi connectivity index (χ4n) is 5.34. The number of hydrogen-bond acceptors (Lipinski definition) is 5. The number of amides is 4. The van der Waals surface area contributed by atoms with Gasteiger partial charge in [-0.25, -0.2) is 9.80 Å². The molecule has 0 radical (unpaired) electrons. The lowest BCUT2D eigenvalue weighted by atomic mass is 9.98. The molecular weight excluding hydrogens is 577 g/mol. The number of urea groups is 1. The van der Waals surface area contributed by atoms with Crippen LogP contribution in [-0.2, 0) is 29.1 Å². The second-order valence-corrected chi connectivity index (χ2v) is 11.0. The summed E-state index contributed by atoms with van der Waals surface area (Å²) in [6.07, 6.45) is 4.99. The van der Waals surface area contributed by atoms with E-state index in [1.165, 1.54) is 27.1 Å². The van der Waals surface area contributed by atoms with Crippen LogP contribution in [0.4, 0.5) is 4.79 Å². The van der Waals surface area contributed by atoms with Gasteiger partial charge in [0.2, 0.25) is 11.8 Å². The molecule has 0 aromatic heterocycles. The van der Waals surface area contributed by atoms with Gasteiger partial charge in [0.05, 0.1) is 19.6 Å². The van der Waals surface area contributed by atoms with Crippen LogP contribution in [0.2, 0.25) is 10.0 Å². The van der Waals surface area contributed by atoms with E-state index in [0.29, 0.717) is 15.6 Å². The first-order valence-corrected chi connectivity index (χ1v) is 14.1. The molecular formula is C31H29Cl2N5O4. The second kappa shape index (κ2) is 12.7. The number of aromatic hydroxyl groups is 1. The maximum atomic E-state index is 14.0. The zero-order valence-corrected chi connectivity index (χ0v) is 24.1. The predicted molar refractivity (Wildman–Crippen MR) is 159 cm³/mol. The van der Waals surface area contributed by atoms with Crippen LogP contribution in [0.1, 0.15) is 16.7 Å². The van der Waals surface area contributed by atoms with Gasteiger partial charge in [-0.2, -0.15) is 5.01 Å². The zero-order valence-electron chi connectivity index (χ0n) is 22.6. The predicted octanol–water partition coefficient (Wildman–Crippen LogP) is 3.88. The maximum absolute atomic E-state index is 14.0. The molecule has 0 aliphatic carbocycles. The van der Waals surface area contributed by atoms with Gasteiger partial charge in [-0.05, 0) is 41.0 Å². The van der Waals surface area contributed by atoms with Gasteiger partial charge in [0.1, 0.15) is 18.0 Å². The number of halogens is 2. The van der Waals surface area contributed by atoms with Gasteiger partial charge < -0.3 is 20.2 Å². The highest BCUT2D eigenvalue weighted by molar-refractivity contribution is 6.35. The molecule has 2 atom stereocenters.